The molecule has 2 heteroatoms. The predicted molar refractivity (Wildman–Crippen MR) is 106 cm³/mol. The number of hydrogen-bond donors (Lipinski definition) is 0. The molecule has 1 heterocycles. The van der Waals surface area contributed by atoms with Gasteiger partial charge < -0.3 is 0 Å². The van der Waals surface area contributed by atoms with Crippen molar-refractivity contribution in [3.8, 4) is 0 Å². The molecule has 0 atom stereocenters. The van der Waals surface area contributed by atoms with Gasteiger partial charge in [0.1, 0.15) is 0 Å². The summed E-state index contributed by atoms with van der Waals surface area (Å²) < 4.78 is 6.73. The van der Waals surface area contributed by atoms with E-state index in [1.165, 1.54) is 51.4 Å². The Morgan fingerprint density at radius 2 is 1.55 bits per heavy atom. The number of fused-ring (bicyclic) bond motifs is 1. The van der Waals surface area contributed by atoms with E-state index >= 15 is 0 Å². The Bertz CT molecular complexity index is 450. The monoisotopic (exact) mass is 426 g/mol. The summed E-state index contributed by atoms with van der Waals surface area (Å²) >= 11 is 0.0820. The maximum atomic E-state index is 2.65. The van der Waals surface area contributed by atoms with E-state index in [0.29, 0.717) is 0 Å². The Morgan fingerprint density at radius 3 is 2.05 bits per heavy atom. The van der Waals surface area contributed by atoms with Crippen LogP contribution in [0.15, 0.2) is 12.1 Å². The minimum atomic E-state index is -2.15. The molecule has 2 rings (SSSR count). The quantitative estimate of drug-likeness (QED) is 0.363. The fourth-order valence-corrected chi connectivity index (χ4v) is 24.2. The fourth-order valence-electron chi connectivity index (χ4n) is 3.76. The second kappa shape index (κ2) is 9.51. The summed E-state index contributed by atoms with van der Waals surface area (Å²) in [5.74, 6) is 0. The van der Waals surface area contributed by atoms with Crippen molar-refractivity contribution in [2.75, 3.05) is 0 Å². The molecule has 22 heavy (non-hydrogen) atoms. The summed E-state index contributed by atoms with van der Waals surface area (Å²) in [5.41, 5.74) is 1.58. The first kappa shape index (κ1) is 18.6. The van der Waals surface area contributed by atoms with Gasteiger partial charge in [0.15, 0.2) is 0 Å². The van der Waals surface area contributed by atoms with Crippen LogP contribution in [0.5, 0.6) is 0 Å². The van der Waals surface area contributed by atoms with E-state index in [4.69, 9.17) is 0 Å². The van der Waals surface area contributed by atoms with Crippen molar-refractivity contribution in [2.24, 2.45) is 0 Å². The number of hydrogen-bond acceptors (Lipinski definition) is 1. The molecule has 0 fully saturated rings. The summed E-state index contributed by atoms with van der Waals surface area (Å²) in [4.78, 5) is 1.70. The van der Waals surface area contributed by atoms with Crippen molar-refractivity contribution in [3.05, 3.63) is 22.6 Å². The molecule has 0 bridgehead atoms. The third-order valence-corrected chi connectivity index (χ3v) is 24.6. The molecule has 0 amide bonds. The molecule has 0 saturated heterocycles. The van der Waals surface area contributed by atoms with Gasteiger partial charge in [-0.1, -0.05) is 0 Å². The third-order valence-electron chi connectivity index (χ3n) is 5.23. The van der Waals surface area contributed by atoms with Crippen molar-refractivity contribution < 1.29 is 0 Å². The van der Waals surface area contributed by atoms with Crippen LogP contribution in [0.4, 0.5) is 0 Å². The second-order valence-electron chi connectivity index (χ2n) is 7.02. The Morgan fingerprint density at radius 1 is 0.955 bits per heavy atom. The number of allylic oxidation sites excluding steroid dienone is 1. The van der Waals surface area contributed by atoms with Gasteiger partial charge in [-0.3, -0.25) is 0 Å². The molecule has 0 nitrogen and oxygen atoms in total. The molecule has 0 unspecified atom stereocenters. The molecule has 0 aliphatic heterocycles. The van der Waals surface area contributed by atoms with Crippen LogP contribution < -0.4 is 2.89 Å². The zero-order chi connectivity index (χ0) is 15.8. The van der Waals surface area contributed by atoms with Crippen LogP contribution in [-0.2, 0) is 6.42 Å². The first-order chi connectivity index (χ1) is 10.8. The number of unbranched alkanes of at least 4 members (excludes halogenated alkanes) is 3. The van der Waals surface area contributed by atoms with Gasteiger partial charge in [-0.15, -0.1) is 0 Å². The molecule has 124 valence electrons. The minimum absolute atomic E-state index is 1.26. The molecule has 1 aromatic heterocycles. The summed E-state index contributed by atoms with van der Waals surface area (Å²) in [6, 6.07) is 2.65. The summed E-state index contributed by atoms with van der Waals surface area (Å²) in [6.07, 6.45) is 15.9. The normalized spacial score (nSPS) is 14.3. The van der Waals surface area contributed by atoms with E-state index in [1.807, 2.05) is 2.89 Å². The molecule has 0 saturated carbocycles. The molecule has 1 aliphatic rings. The third kappa shape index (κ3) is 4.63. The van der Waals surface area contributed by atoms with Gasteiger partial charge >= 0.3 is 147 Å². The molecule has 1 aromatic rings. The van der Waals surface area contributed by atoms with Gasteiger partial charge in [-0.05, 0) is 0 Å². The van der Waals surface area contributed by atoms with Crippen LogP contribution >= 0.6 is 11.3 Å². The zero-order valence-corrected chi connectivity index (χ0v) is 18.6. The van der Waals surface area contributed by atoms with Gasteiger partial charge in [-0.25, -0.2) is 0 Å². The van der Waals surface area contributed by atoms with Crippen molar-refractivity contribution in [3.63, 3.8) is 0 Å². The van der Waals surface area contributed by atoms with Crippen molar-refractivity contribution >= 4 is 38.7 Å². The van der Waals surface area contributed by atoms with E-state index in [-0.39, 0.29) is 0 Å². The van der Waals surface area contributed by atoms with E-state index in [9.17, 15) is 0 Å². The average molecular weight is 425 g/mol. The molecule has 0 radical (unpaired) electrons. The van der Waals surface area contributed by atoms with E-state index in [2.05, 4.69) is 50.3 Å². The molecule has 0 spiro atoms. The van der Waals surface area contributed by atoms with E-state index in [0.717, 1.165) is 0 Å². The first-order valence-electron chi connectivity index (χ1n) is 9.55. The topological polar surface area (TPSA) is 0 Å². The van der Waals surface area contributed by atoms with Crippen molar-refractivity contribution in [1.29, 1.82) is 0 Å². The van der Waals surface area contributed by atoms with Crippen LogP contribution in [0.25, 0.3) is 6.08 Å². The zero-order valence-electron chi connectivity index (χ0n) is 14.9. The molecule has 0 aromatic carbocycles. The van der Waals surface area contributed by atoms with Crippen LogP contribution in [0.2, 0.25) is 13.3 Å². The fraction of sp³-hybridized carbons (Fsp3) is 0.700. The van der Waals surface area contributed by atoms with Crippen LogP contribution in [0, 0.1) is 0 Å². The molecular weight excluding hydrogens is 391 g/mol. The summed E-state index contributed by atoms with van der Waals surface area (Å²) in [7, 11) is 0. The molecule has 1 aliphatic carbocycles. The van der Waals surface area contributed by atoms with Gasteiger partial charge in [0.05, 0.1) is 0 Å². The Kier molecular flexibility index (Phi) is 8.03. The average Bonchev–Trinajstić information content (AvgIpc) is 2.99. The second-order valence-corrected chi connectivity index (χ2v) is 22.3. The summed E-state index contributed by atoms with van der Waals surface area (Å²) in [6.45, 7) is 7.12. The molecule has 0 N–H and O–H groups in total. The van der Waals surface area contributed by atoms with E-state index < -0.39 is 18.4 Å². The van der Waals surface area contributed by atoms with Gasteiger partial charge in [0.25, 0.3) is 0 Å². The SMILES string of the molecule is CCC[CH2][Sn]([CH2]CCC)([CH2]CCC)[c]1cc2c(s1)CCC=C2. The van der Waals surface area contributed by atoms with Crippen LogP contribution in [-0.4, -0.2) is 18.4 Å². The Hall–Kier alpha value is 0.239. The Labute approximate surface area is 146 Å². The van der Waals surface area contributed by atoms with Crippen molar-refractivity contribution in [2.45, 2.75) is 85.4 Å². The summed E-state index contributed by atoms with van der Waals surface area (Å²) in [5, 5.41) is 0. The number of rotatable bonds is 10. The maximum absolute atomic E-state index is 2.65. The first-order valence-corrected chi connectivity index (χ1v) is 17.8. The standard InChI is InChI=1S/C8H7S.3C4H9.Sn/c1-2-4-8-7(3-1)5-6-9-8;3*1-3-4-2;/h1,3,5H,2,4H2;3*1,3-4H2,2H3;. The van der Waals surface area contributed by atoms with Gasteiger partial charge in [0, 0.05) is 0 Å². The van der Waals surface area contributed by atoms with Gasteiger partial charge in [0.2, 0.25) is 0 Å². The van der Waals surface area contributed by atoms with Crippen LogP contribution in [0.3, 0.4) is 0 Å². The van der Waals surface area contributed by atoms with Gasteiger partial charge in [-0.2, -0.15) is 0 Å². The molecular formula is C20H34SSn. The number of aryl methyl sites for hydroxylation is 1. The van der Waals surface area contributed by atoms with Crippen molar-refractivity contribution in [1.82, 2.24) is 0 Å². The predicted octanol–water partition coefficient (Wildman–Crippen LogP) is 6.76. The number of thiophene rings is 1. The van der Waals surface area contributed by atoms with Crippen LogP contribution in [0.1, 0.15) is 76.2 Å². The Balaban J connectivity index is 2.30. The van der Waals surface area contributed by atoms with E-state index in [1.54, 1.807) is 23.8 Å².